The van der Waals surface area contributed by atoms with Crippen molar-refractivity contribution in [2.75, 3.05) is 0 Å². The van der Waals surface area contributed by atoms with Gasteiger partial charge in [-0.15, -0.1) is 0 Å². The Hall–Kier alpha value is -4.38. The van der Waals surface area contributed by atoms with Crippen LogP contribution in [0, 0.1) is 0 Å². The van der Waals surface area contributed by atoms with Gasteiger partial charge in [-0.25, -0.2) is 0 Å². The third kappa shape index (κ3) is 3.18. The van der Waals surface area contributed by atoms with Gasteiger partial charge in [-0.2, -0.15) is 0 Å². The van der Waals surface area contributed by atoms with Gasteiger partial charge in [-0.1, -0.05) is 109 Å². The highest BCUT2D eigenvalue weighted by atomic mass is 16.7. The zero-order valence-electron chi connectivity index (χ0n) is 24.8. The molecule has 4 heteroatoms. The van der Waals surface area contributed by atoms with Crippen molar-refractivity contribution in [3.05, 3.63) is 137 Å². The minimum Gasteiger partial charge on any atom is -0.455 e. The normalized spacial score (nSPS) is 20.7. The largest absolute Gasteiger partial charge is 0.494 e. The van der Waals surface area contributed by atoms with Gasteiger partial charge in [0.25, 0.3) is 0 Å². The first-order chi connectivity index (χ1) is 20.8. The molecule has 2 heterocycles. The van der Waals surface area contributed by atoms with E-state index in [0.29, 0.717) is 0 Å². The summed E-state index contributed by atoms with van der Waals surface area (Å²) in [5.41, 5.74) is 11.3. The smallest absolute Gasteiger partial charge is 0.455 e. The van der Waals surface area contributed by atoms with Crippen molar-refractivity contribution in [2.24, 2.45) is 0 Å². The van der Waals surface area contributed by atoms with E-state index < -0.39 is 23.7 Å². The Kier molecular flexibility index (Phi) is 4.90. The molecule has 3 nitrogen and oxygen atoms in total. The van der Waals surface area contributed by atoms with E-state index in [0.717, 1.165) is 27.4 Å². The van der Waals surface area contributed by atoms with E-state index >= 15 is 0 Å². The zero-order chi connectivity index (χ0) is 29.1. The fourth-order valence-electron chi connectivity index (χ4n) is 7.60. The first-order valence-corrected chi connectivity index (χ1v) is 15.1. The van der Waals surface area contributed by atoms with E-state index in [1.165, 1.54) is 44.5 Å². The van der Waals surface area contributed by atoms with Crippen molar-refractivity contribution in [1.82, 2.24) is 0 Å². The van der Waals surface area contributed by atoms with Crippen LogP contribution in [0.1, 0.15) is 61.1 Å². The highest BCUT2D eigenvalue weighted by Gasteiger charge is 2.53. The molecule has 1 aliphatic heterocycles. The molecule has 43 heavy (non-hydrogen) atoms. The molecule has 0 bridgehead atoms. The summed E-state index contributed by atoms with van der Waals surface area (Å²) in [6.07, 6.45) is 4.52. The molecule has 5 aromatic carbocycles. The molecule has 3 aliphatic rings. The van der Waals surface area contributed by atoms with Crippen LogP contribution in [0.3, 0.4) is 0 Å². The Morgan fingerprint density at radius 3 is 2.05 bits per heavy atom. The lowest BCUT2D eigenvalue weighted by Crippen LogP contribution is -2.41. The average Bonchev–Trinajstić information content (AvgIpc) is 3.56. The molecule has 208 valence electrons. The molecule has 0 amide bonds. The summed E-state index contributed by atoms with van der Waals surface area (Å²) >= 11 is 0. The first-order valence-electron chi connectivity index (χ1n) is 15.1. The lowest BCUT2D eigenvalue weighted by atomic mass is 9.64. The molecule has 0 N–H and O–H groups in total. The monoisotopic (exact) mass is 558 g/mol. The standard InChI is InChI=1S/C39H31BO3/c1-37(2)38(3,4)43-40(42-37)26-20-19-25-18-17-24-11-5-8-14-30(24)39(33(25)23-26)31-15-9-6-13-29(31)35-32(39)22-21-28-27-12-7-10-16-34(27)41-36(28)35/h5-23H,1-4H3. The maximum atomic E-state index is 6.69. The van der Waals surface area contributed by atoms with E-state index in [-0.39, 0.29) is 0 Å². The summed E-state index contributed by atoms with van der Waals surface area (Å²) in [5.74, 6) is 0. The number of fused-ring (bicyclic) bond motifs is 13. The van der Waals surface area contributed by atoms with Crippen LogP contribution in [0.4, 0.5) is 0 Å². The van der Waals surface area contributed by atoms with Crippen LogP contribution in [0.15, 0.2) is 108 Å². The van der Waals surface area contributed by atoms with Gasteiger partial charge in [-0.05, 0) is 78.2 Å². The highest BCUT2D eigenvalue weighted by Crippen LogP contribution is 2.60. The minimum absolute atomic E-state index is 0.423. The minimum atomic E-state index is -0.561. The molecule has 1 saturated heterocycles. The Morgan fingerprint density at radius 2 is 1.23 bits per heavy atom. The second kappa shape index (κ2) is 8.38. The lowest BCUT2D eigenvalue weighted by molar-refractivity contribution is 0.00578. The maximum Gasteiger partial charge on any atom is 0.494 e. The van der Waals surface area contributed by atoms with E-state index in [1.807, 2.05) is 6.07 Å². The van der Waals surface area contributed by atoms with Crippen LogP contribution >= 0.6 is 0 Å². The molecule has 0 saturated carbocycles. The Labute approximate surface area is 251 Å². The number of rotatable bonds is 1. The van der Waals surface area contributed by atoms with Gasteiger partial charge in [0.2, 0.25) is 0 Å². The summed E-state index contributed by atoms with van der Waals surface area (Å²) < 4.78 is 19.8. The van der Waals surface area contributed by atoms with Crippen molar-refractivity contribution in [1.29, 1.82) is 0 Å². The molecule has 1 spiro atoms. The van der Waals surface area contributed by atoms with Gasteiger partial charge in [0.05, 0.1) is 16.6 Å². The van der Waals surface area contributed by atoms with Gasteiger partial charge in [0, 0.05) is 16.3 Å². The topological polar surface area (TPSA) is 31.6 Å². The summed E-state index contributed by atoms with van der Waals surface area (Å²) in [4.78, 5) is 0. The lowest BCUT2D eigenvalue weighted by Gasteiger charge is -2.35. The van der Waals surface area contributed by atoms with Crippen LogP contribution in [0.5, 0.6) is 0 Å². The van der Waals surface area contributed by atoms with Crippen LogP contribution in [-0.4, -0.2) is 18.3 Å². The quantitative estimate of drug-likeness (QED) is 0.189. The Balaban J connectivity index is 1.40. The van der Waals surface area contributed by atoms with Gasteiger partial charge < -0.3 is 13.7 Å². The Bertz CT molecular complexity index is 2150. The highest BCUT2D eigenvalue weighted by molar-refractivity contribution is 6.62. The molecule has 2 aliphatic carbocycles. The molecule has 1 atom stereocenters. The van der Waals surface area contributed by atoms with Gasteiger partial charge in [0.15, 0.2) is 0 Å². The van der Waals surface area contributed by atoms with Crippen LogP contribution in [0.2, 0.25) is 0 Å². The molecule has 0 radical (unpaired) electrons. The van der Waals surface area contributed by atoms with Gasteiger partial charge in [-0.3, -0.25) is 0 Å². The molecule has 6 aromatic rings. The predicted octanol–water partition coefficient (Wildman–Crippen LogP) is 8.73. The molecule has 9 rings (SSSR count). The summed E-state index contributed by atoms with van der Waals surface area (Å²) in [6, 6.07) is 37.4. The SMILES string of the molecule is CC1(C)OB(c2ccc3c(c2)C2(c4ccccc4C=C3)c3ccccc3-c3c2ccc2c3oc3ccccc32)OC1(C)C. The summed E-state index contributed by atoms with van der Waals surface area (Å²) in [5, 5.41) is 2.29. The number of benzene rings is 5. The molecular weight excluding hydrogens is 527 g/mol. The second-order valence-corrected chi connectivity index (χ2v) is 13.1. The van der Waals surface area contributed by atoms with Crippen molar-refractivity contribution in [2.45, 2.75) is 44.3 Å². The Morgan fingerprint density at radius 1 is 0.558 bits per heavy atom. The van der Waals surface area contributed by atoms with Crippen molar-refractivity contribution >= 4 is 46.7 Å². The summed E-state index contributed by atoms with van der Waals surface area (Å²) in [6.45, 7) is 8.44. The van der Waals surface area contributed by atoms with Crippen molar-refractivity contribution in [3.63, 3.8) is 0 Å². The number of para-hydroxylation sites is 1. The predicted molar refractivity (Wildman–Crippen MR) is 176 cm³/mol. The molecule has 1 fully saturated rings. The molecular formula is C39H31BO3. The molecule has 1 unspecified atom stereocenters. The number of hydrogen-bond donors (Lipinski definition) is 0. The maximum absolute atomic E-state index is 6.69. The van der Waals surface area contributed by atoms with Crippen LogP contribution in [-0.2, 0) is 14.7 Å². The van der Waals surface area contributed by atoms with Gasteiger partial charge >= 0.3 is 7.12 Å². The third-order valence-electron chi connectivity index (χ3n) is 10.4. The first kappa shape index (κ1) is 25.2. The number of furan rings is 1. The van der Waals surface area contributed by atoms with E-state index in [2.05, 4.69) is 137 Å². The van der Waals surface area contributed by atoms with E-state index in [4.69, 9.17) is 13.7 Å². The van der Waals surface area contributed by atoms with Crippen LogP contribution < -0.4 is 5.46 Å². The molecule has 1 aromatic heterocycles. The third-order valence-corrected chi connectivity index (χ3v) is 10.4. The number of hydrogen-bond acceptors (Lipinski definition) is 3. The van der Waals surface area contributed by atoms with Crippen molar-refractivity contribution in [3.8, 4) is 11.1 Å². The van der Waals surface area contributed by atoms with E-state index in [1.54, 1.807) is 0 Å². The van der Waals surface area contributed by atoms with Crippen molar-refractivity contribution < 1.29 is 13.7 Å². The fraction of sp³-hybridized carbons (Fsp3) is 0.179. The van der Waals surface area contributed by atoms with E-state index in [9.17, 15) is 0 Å². The summed E-state index contributed by atoms with van der Waals surface area (Å²) in [7, 11) is -0.455. The fourth-order valence-corrected chi connectivity index (χ4v) is 7.60. The van der Waals surface area contributed by atoms with Crippen LogP contribution in [0.25, 0.3) is 45.2 Å². The average molecular weight is 558 g/mol. The zero-order valence-corrected chi connectivity index (χ0v) is 24.8. The van der Waals surface area contributed by atoms with Gasteiger partial charge in [0.1, 0.15) is 11.2 Å². The second-order valence-electron chi connectivity index (χ2n) is 13.1.